The molecule has 3 rings (SSSR count). The van der Waals surface area contributed by atoms with Gasteiger partial charge in [0, 0.05) is 26.3 Å². The molecule has 0 bridgehead atoms. The van der Waals surface area contributed by atoms with Gasteiger partial charge in [-0.3, -0.25) is 0 Å². The Kier molecular flexibility index (Phi) is 4.91. The largest absolute Gasteiger partial charge is 0.478 e. The minimum atomic E-state index is -3.56. The molecule has 25 heavy (non-hydrogen) atoms. The molecule has 2 aromatic rings. The number of sulfonamides is 1. The Bertz CT molecular complexity index is 858. The Morgan fingerprint density at radius 3 is 2.64 bits per heavy atom. The van der Waals surface area contributed by atoms with Gasteiger partial charge in [0.05, 0.1) is 11.9 Å². The predicted molar refractivity (Wildman–Crippen MR) is 91.8 cm³/mol. The first-order valence-electron chi connectivity index (χ1n) is 8.16. The summed E-state index contributed by atoms with van der Waals surface area (Å²) in [6.45, 7) is 0.965. The van der Waals surface area contributed by atoms with E-state index in [0.717, 1.165) is 24.8 Å². The Morgan fingerprint density at radius 2 is 2.04 bits per heavy atom. The normalized spacial score (nSPS) is 19.0. The SMILES string of the molecule is Cn1cnc(S(=O)(=O)N2CCCC(Cc3ccc(C(=O)O)cc3)C2)c1. The molecule has 8 heteroatoms. The third kappa shape index (κ3) is 3.91. The number of nitrogens with zero attached hydrogens (tertiary/aromatic N) is 3. The minimum Gasteiger partial charge on any atom is -0.478 e. The monoisotopic (exact) mass is 363 g/mol. The highest BCUT2D eigenvalue weighted by molar-refractivity contribution is 7.89. The van der Waals surface area contributed by atoms with Crippen LogP contribution >= 0.6 is 0 Å². The van der Waals surface area contributed by atoms with E-state index < -0.39 is 16.0 Å². The number of imidazole rings is 1. The maximum absolute atomic E-state index is 12.7. The summed E-state index contributed by atoms with van der Waals surface area (Å²) in [4.78, 5) is 14.9. The van der Waals surface area contributed by atoms with Crippen molar-refractivity contribution in [3.63, 3.8) is 0 Å². The molecule has 1 aliphatic heterocycles. The molecular weight excluding hydrogens is 342 g/mol. The molecule has 1 aliphatic rings. The Balaban J connectivity index is 1.69. The van der Waals surface area contributed by atoms with Crippen LogP contribution in [0.2, 0.25) is 0 Å². The zero-order valence-corrected chi connectivity index (χ0v) is 14.8. The van der Waals surface area contributed by atoms with Gasteiger partial charge in [0.15, 0.2) is 5.03 Å². The lowest BCUT2D eigenvalue weighted by Crippen LogP contribution is -2.40. The summed E-state index contributed by atoms with van der Waals surface area (Å²) in [7, 11) is -1.82. The van der Waals surface area contributed by atoms with E-state index >= 15 is 0 Å². The Hall–Kier alpha value is -2.19. The fourth-order valence-electron chi connectivity index (χ4n) is 3.18. The first-order chi connectivity index (χ1) is 11.9. The molecule has 1 aromatic heterocycles. The number of benzene rings is 1. The van der Waals surface area contributed by atoms with Gasteiger partial charge >= 0.3 is 5.97 Å². The van der Waals surface area contributed by atoms with Crippen LogP contribution in [0.5, 0.6) is 0 Å². The third-order valence-electron chi connectivity index (χ3n) is 4.49. The standard InChI is InChI=1S/C17H21N3O4S/c1-19-11-16(18-12-19)25(23,24)20-8-2-3-14(10-20)9-13-4-6-15(7-5-13)17(21)22/h4-7,11-12,14H,2-3,8-10H2,1H3,(H,21,22). The number of rotatable bonds is 5. The second-order valence-corrected chi connectivity index (χ2v) is 8.34. The highest BCUT2D eigenvalue weighted by atomic mass is 32.2. The Labute approximate surface area is 147 Å². The fraction of sp³-hybridized carbons (Fsp3) is 0.412. The van der Waals surface area contributed by atoms with E-state index in [2.05, 4.69) is 4.98 Å². The van der Waals surface area contributed by atoms with Crippen LogP contribution in [-0.2, 0) is 23.5 Å². The summed E-state index contributed by atoms with van der Waals surface area (Å²) in [6, 6.07) is 6.77. The molecule has 134 valence electrons. The van der Waals surface area contributed by atoms with Crippen LogP contribution in [0.1, 0.15) is 28.8 Å². The summed E-state index contributed by atoms with van der Waals surface area (Å²) < 4.78 is 28.5. The summed E-state index contributed by atoms with van der Waals surface area (Å²) in [5.74, 6) is -0.736. The molecule has 0 saturated carbocycles. The number of aromatic carboxylic acids is 1. The van der Waals surface area contributed by atoms with Crippen molar-refractivity contribution in [1.29, 1.82) is 0 Å². The number of carbonyl (C=O) groups is 1. The van der Waals surface area contributed by atoms with Gasteiger partial charge in [-0.15, -0.1) is 0 Å². The number of piperidine rings is 1. The summed E-state index contributed by atoms with van der Waals surface area (Å²) >= 11 is 0. The molecule has 1 fully saturated rings. The molecule has 0 amide bonds. The van der Waals surface area contributed by atoms with Crippen LogP contribution in [0.3, 0.4) is 0 Å². The molecule has 0 aliphatic carbocycles. The van der Waals surface area contributed by atoms with Crippen LogP contribution in [0, 0.1) is 5.92 Å². The fourth-order valence-corrected chi connectivity index (χ4v) is 4.70. The molecule has 1 atom stereocenters. The number of aromatic nitrogens is 2. The molecule has 1 saturated heterocycles. The van der Waals surface area contributed by atoms with Crippen molar-refractivity contribution >= 4 is 16.0 Å². The Morgan fingerprint density at radius 1 is 1.32 bits per heavy atom. The average molecular weight is 363 g/mol. The van der Waals surface area contributed by atoms with E-state index in [0.29, 0.717) is 13.1 Å². The van der Waals surface area contributed by atoms with Crippen LogP contribution in [0.25, 0.3) is 0 Å². The number of hydrogen-bond acceptors (Lipinski definition) is 4. The number of aryl methyl sites for hydroxylation is 1. The second-order valence-electron chi connectivity index (χ2n) is 6.45. The summed E-state index contributed by atoms with van der Waals surface area (Å²) in [6.07, 6.45) is 5.49. The van der Waals surface area contributed by atoms with Gasteiger partial charge in [-0.05, 0) is 42.9 Å². The van der Waals surface area contributed by atoms with E-state index in [1.54, 1.807) is 35.9 Å². The van der Waals surface area contributed by atoms with E-state index in [1.807, 2.05) is 0 Å². The number of carboxylic acid groups (broad SMARTS) is 1. The zero-order valence-electron chi connectivity index (χ0n) is 14.0. The molecular formula is C17H21N3O4S. The van der Waals surface area contributed by atoms with Gasteiger partial charge in [-0.2, -0.15) is 4.31 Å². The van der Waals surface area contributed by atoms with Crippen molar-refractivity contribution in [2.45, 2.75) is 24.3 Å². The van der Waals surface area contributed by atoms with E-state index in [9.17, 15) is 13.2 Å². The highest BCUT2D eigenvalue weighted by Crippen LogP contribution is 2.25. The van der Waals surface area contributed by atoms with Gasteiger partial charge < -0.3 is 9.67 Å². The van der Waals surface area contributed by atoms with Crippen molar-refractivity contribution in [3.05, 3.63) is 47.9 Å². The average Bonchev–Trinajstić information content (AvgIpc) is 3.03. The van der Waals surface area contributed by atoms with Crippen LogP contribution in [0.4, 0.5) is 0 Å². The van der Waals surface area contributed by atoms with Crippen molar-refractivity contribution in [2.75, 3.05) is 13.1 Å². The van der Waals surface area contributed by atoms with Crippen molar-refractivity contribution in [3.8, 4) is 0 Å². The molecule has 7 nitrogen and oxygen atoms in total. The van der Waals surface area contributed by atoms with E-state index in [1.165, 1.54) is 16.8 Å². The number of hydrogen-bond donors (Lipinski definition) is 1. The molecule has 1 unspecified atom stereocenters. The lowest BCUT2D eigenvalue weighted by atomic mass is 9.92. The second kappa shape index (κ2) is 6.97. The van der Waals surface area contributed by atoms with Crippen LogP contribution in [-0.4, -0.2) is 46.4 Å². The minimum absolute atomic E-state index is 0.0847. The molecule has 0 spiro atoms. The van der Waals surface area contributed by atoms with E-state index in [-0.39, 0.29) is 16.5 Å². The first-order valence-corrected chi connectivity index (χ1v) is 9.60. The lowest BCUT2D eigenvalue weighted by Gasteiger charge is -2.31. The lowest BCUT2D eigenvalue weighted by molar-refractivity contribution is 0.0697. The molecule has 0 radical (unpaired) electrons. The van der Waals surface area contributed by atoms with Gasteiger partial charge in [0.2, 0.25) is 0 Å². The van der Waals surface area contributed by atoms with Gasteiger partial charge in [0.1, 0.15) is 0 Å². The van der Waals surface area contributed by atoms with Gasteiger partial charge in [-0.25, -0.2) is 18.2 Å². The number of carboxylic acids is 1. The molecule has 1 aromatic carbocycles. The van der Waals surface area contributed by atoms with Crippen molar-refractivity contribution in [2.24, 2.45) is 13.0 Å². The highest BCUT2D eigenvalue weighted by Gasteiger charge is 2.31. The smallest absolute Gasteiger partial charge is 0.335 e. The maximum Gasteiger partial charge on any atom is 0.335 e. The van der Waals surface area contributed by atoms with Crippen molar-refractivity contribution < 1.29 is 18.3 Å². The van der Waals surface area contributed by atoms with Gasteiger partial charge in [-0.1, -0.05) is 12.1 Å². The maximum atomic E-state index is 12.7. The molecule has 2 heterocycles. The summed E-state index contributed by atoms with van der Waals surface area (Å²) in [5, 5.41) is 9.04. The zero-order chi connectivity index (χ0) is 18.0. The third-order valence-corrected chi connectivity index (χ3v) is 6.24. The van der Waals surface area contributed by atoms with E-state index in [4.69, 9.17) is 5.11 Å². The van der Waals surface area contributed by atoms with Gasteiger partial charge in [0.25, 0.3) is 10.0 Å². The van der Waals surface area contributed by atoms with Crippen LogP contribution < -0.4 is 0 Å². The quantitative estimate of drug-likeness (QED) is 0.874. The predicted octanol–water partition coefficient (Wildman–Crippen LogP) is 1.76. The van der Waals surface area contributed by atoms with Crippen molar-refractivity contribution in [1.82, 2.24) is 13.9 Å². The molecule has 1 N–H and O–H groups in total. The first kappa shape index (κ1) is 17.6. The summed E-state index contributed by atoms with van der Waals surface area (Å²) in [5.41, 5.74) is 1.28. The van der Waals surface area contributed by atoms with Crippen LogP contribution in [0.15, 0.2) is 41.8 Å². The topological polar surface area (TPSA) is 92.5 Å².